The van der Waals surface area contributed by atoms with Crippen LogP contribution in [0.1, 0.15) is 0 Å². The maximum absolute atomic E-state index is 11.2. The summed E-state index contributed by atoms with van der Waals surface area (Å²) >= 11 is 3.00. The summed E-state index contributed by atoms with van der Waals surface area (Å²) < 4.78 is 6.74. The standard InChI is InChI=1S/C12H10N2O2S2/c1-16-10(15)7-18-12-8-3-2-5-14(8)9-4-6-17-11(9)13-12/h2-6H,7H2,1H3. The van der Waals surface area contributed by atoms with E-state index in [1.807, 2.05) is 23.7 Å². The van der Waals surface area contributed by atoms with Gasteiger partial charge in [-0.05, 0) is 23.6 Å². The molecule has 0 atom stereocenters. The highest BCUT2D eigenvalue weighted by Crippen LogP contribution is 2.28. The van der Waals surface area contributed by atoms with Gasteiger partial charge in [0.1, 0.15) is 9.86 Å². The Morgan fingerprint density at radius 1 is 1.50 bits per heavy atom. The molecule has 0 saturated carbocycles. The fourth-order valence-electron chi connectivity index (χ4n) is 1.77. The number of hydrogen-bond acceptors (Lipinski definition) is 5. The van der Waals surface area contributed by atoms with Crippen LogP contribution >= 0.6 is 23.1 Å². The van der Waals surface area contributed by atoms with E-state index in [1.54, 1.807) is 11.3 Å². The van der Waals surface area contributed by atoms with Gasteiger partial charge in [0.05, 0.1) is 23.9 Å². The fourth-order valence-corrected chi connectivity index (χ4v) is 3.43. The molecule has 0 saturated heterocycles. The summed E-state index contributed by atoms with van der Waals surface area (Å²) in [6.45, 7) is 0. The summed E-state index contributed by atoms with van der Waals surface area (Å²) in [5.74, 6) is 0.0408. The summed E-state index contributed by atoms with van der Waals surface area (Å²) in [5.41, 5.74) is 2.12. The maximum atomic E-state index is 11.2. The highest BCUT2D eigenvalue weighted by Gasteiger charge is 2.11. The molecule has 3 rings (SSSR count). The molecular formula is C12H10N2O2S2. The van der Waals surface area contributed by atoms with Crippen molar-refractivity contribution in [3.63, 3.8) is 0 Å². The normalized spacial score (nSPS) is 11.2. The first-order valence-corrected chi connectivity index (χ1v) is 7.20. The Balaban J connectivity index is 2.07. The molecule has 0 bridgehead atoms. The number of thiophene rings is 1. The molecule has 6 heteroatoms. The summed E-state index contributed by atoms with van der Waals surface area (Å²) in [4.78, 5) is 16.8. The molecule has 0 aliphatic heterocycles. The Labute approximate surface area is 112 Å². The Kier molecular flexibility index (Phi) is 2.97. The molecule has 0 amide bonds. The average Bonchev–Trinajstić information content (AvgIpc) is 3.02. The molecule has 0 unspecified atom stereocenters. The lowest BCUT2D eigenvalue weighted by Gasteiger charge is -2.04. The number of carbonyl (C=O) groups excluding carboxylic acids is 1. The minimum atomic E-state index is -0.238. The fraction of sp³-hybridized carbons (Fsp3) is 0.167. The van der Waals surface area contributed by atoms with E-state index >= 15 is 0 Å². The SMILES string of the molecule is COC(=O)CSc1nc2sccc2n2cccc12. The van der Waals surface area contributed by atoms with E-state index in [9.17, 15) is 4.79 Å². The van der Waals surface area contributed by atoms with E-state index in [0.717, 1.165) is 20.9 Å². The lowest BCUT2D eigenvalue weighted by molar-refractivity contribution is -0.137. The van der Waals surface area contributed by atoms with Crippen LogP contribution in [0.2, 0.25) is 0 Å². The summed E-state index contributed by atoms with van der Waals surface area (Å²) in [5, 5.41) is 2.88. The second-order valence-electron chi connectivity index (χ2n) is 3.66. The van der Waals surface area contributed by atoms with Gasteiger partial charge in [-0.1, -0.05) is 11.8 Å². The maximum Gasteiger partial charge on any atom is 0.316 e. The zero-order valence-corrected chi connectivity index (χ0v) is 11.3. The lowest BCUT2D eigenvalue weighted by atomic mass is 10.5. The number of esters is 1. The Morgan fingerprint density at radius 2 is 2.39 bits per heavy atom. The number of carbonyl (C=O) groups is 1. The smallest absolute Gasteiger partial charge is 0.316 e. The zero-order chi connectivity index (χ0) is 12.5. The molecule has 92 valence electrons. The van der Waals surface area contributed by atoms with E-state index in [4.69, 9.17) is 0 Å². The third kappa shape index (κ3) is 1.87. The van der Waals surface area contributed by atoms with Gasteiger partial charge in [-0.2, -0.15) is 0 Å². The monoisotopic (exact) mass is 278 g/mol. The minimum Gasteiger partial charge on any atom is -0.468 e. The van der Waals surface area contributed by atoms with Crippen LogP contribution in [0.5, 0.6) is 0 Å². The number of hydrogen-bond donors (Lipinski definition) is 0. The van der Waals surface area contributed by atoms with Gasteiger partial charge in [-0.15, -0.1) is 11.3 Å². The van der Waals surface area contributed by atoms with Crippen LogP contribution in [0.3, 0.4) is 0 Å². The van der Waals surface area contributed by atoms with E-state index in [-0.39, 0.29) is 11.7 Å². The molecule has 0 spiro atoms. The topological polar surface area (TPSA) is 43.6 Å². The van der Waals surface area contributed by atoms with E-state index < -0.39 is 0 Å². The summed E-state index contributed by atoms with van der Waals surface area (Å²) in [6.07, 6.45) is 2.01. The van der Waals surface area contributed by atoms with E-state index in [2.05, 4.69) is 20.2 Å². The quantitative estimate of drug-likeness (QED) is 0.546. The predicted molar refractivity (Wildman–Crippen MR) is 73.3 cm³/mol. The molecule has 3 aromatic rings. The first-order valence-electron chi connectivity index (χ1n) is 5.33. The van der Waals surface area contributed by atoms with Crippen molar-refractivity contribution >= 4 is 44.9 Å². The third-order valence-electron chi connectivity index (χ3n) is 2.61. The van der Waals surface area contributed by atoms with Gasteiger partial charge in [-0.25, -0.2) is 4.98 Å². The van der Waals surface area contributed by atoms with E-state index in [1.165, 1.54) is 18.9 Å². The number of nitrogens with zero attached hydrogens (tertiary/aromatic N) is 2. The molecule has 0 N–H and O–H groups in total. The molecule has 18 heavy (non-hydrogen) atoms. The van der Waals surface area contributed by atoms with Crippen molar-refractivity contribution in [1.82, 2.24) is 9.38 Å². The van der Waals surface area contributed by atoms with Crippen LogP contribution in [0.15, 0.2) is 34.8 Å². The number of aromatic nitrogens is 2. The third-order valence-corrected chi connectivity index (χ3v) is 4.36. The molecule has 0 aliphatic rings. The second-order valence-corrected chi connectivity index (χ2v) is 5.51. The van der Waals surface area contributed by atoms with Crippen molar-refractivity contribution in [2.75, 3.05) is 12.9 Å². The van der Waals surface area contributed by atoms with Crippen molar-refractivity contribution < 1.29 is 9.53 Å². The molecule has 3 heterocycles. The number of rotatable bonds is 3. The first-order chi connectivity index (χ1) is 8.79. The molecule has 0 aliphatic carbocycles. The number of thioether (sulfide) groups is 1. The van der Waals surface area contributed by atoms with Gasteiger partial charge in [0.2, 0.25) is 0 Å². The Bertz CT molecular complexity index is 717. The van der Waals surface area contributed by atoms with Crippen LogP contribution in [0.25, 0.3) is 15.9 Å². The molecule has 0 radical (unpaired) electrons. The molecule has 3 aromatic heterocycles. The highest BCUT2D eigenvalue weighted by atomic mass is 32.2. The Morgan fingerprint density at radius 3 is 3.22 bits per heavy atom. The molecule has 0 aromatic carbocycles. The van der Waals surface area contributed by atoms with Gasteiger partial charge >= 0.3 is 5.97 Å². The molecule has 0 fully saturated rings. The van der Waals surface area contributed by atoms with Gasteiger partial charge in [0.25, 0.3) is 0 Å². The number of methoxy groups -OCH3 is 1. The van der Waals surface area contributed by atoms with Crippen LogP contribution in [-0.4, -0.2) is 28.2 Å². The average molecular weight is 278 g/mol. The first kappa shape index (κ1) is 11.6. The van der Waals surface area contributed by atoms with Crippen molar-refractivity contribution in [2.24, 2.45) is 0 Å². The second kappa shape index (κ2) is 4.62. The van der Waals surface area contributed by atoms with Crippen molar-refractivity contribution in [1.29, 1.82) is 0 Å². The van der Waals surface area contributed by atoms with Crippen molar-refractivity contribution in [3.8, 4) is 0 Å². The van der Waals surface area contributed by atoms with Crippen LogP contribution in [0.4, 0.5) is 0 Å². The van der Waals surface area contributed by atoms with Crippen molar-refractivity contribution in [3.05, 3.63) is 29.8 Å². The summed E-state index contributed by atoms with van der Waals surface area (Å²) in [6, 6.07) is 6.04. The van der Waals surface area contributed by atoms with Gasteiger partial charge in [0.15, 0.2) is 0 Å². The van der Waals surface area contributed by atoms with Crippen molar-refractivity contribution in [2.45, 2.75) is 5.03 Å². The zero-order valence-electron chi connectivity index (χ0n) is 9.62. The van der Waals surface area contributed by atoms with E-state index in [0.29, 0.717) is 0 Å². The van der Waals surface area contributed by atoms with Gasteiger partial charge < -0.3 is 9.14 Å². The predicted octanol–water partition coefficient (Wildman–Crippen LogP) is 2.81. The Hall–Kier alpha value is -1.53. The van der Waals surface area contributed by atoms with Gasteiger partial charge in [-0.3, -0.25) is 4.79 Å². The highest BCUT2D eigenvalue weighted by molar-refractivity contribution is 8.00. The number of fused-ring (bicyclic) bond motifs is 3. The van der Waals surface area contributed by atoms with Gasteiger partial charge in [0, 0.05) is 6.20 Å². The number of ether oxygens (including phenoxy) is 1. The molecule has 4 nitrogen and oxygen atoms in total. The minimum absolute atomic E-state index is 0.238. The van der Waals surface area contributed by atoms with Crippen LogP contribution in [0, 0.1) is 0 Å². The lowest BCUT2D eigenvalue weighted by Crippen LogP contribution is -2.03. The summed E-state index contributed by atoms with van der Waals surface area (Å²) in [7, 11) is 1.39. The van der Waals surface area contributed by atoms with Crippen LogP contribution in [-0.2, 0) is 9.53 Å². The largest absolute Gasteiger partial charge is 0.468 e. The molecular weight excluding hydrogens is 268 g/mol. The van der Waals surface area contributed by atoms with Crippen LogP contribution < -0.4 is 0 Å².